The molecule has 252 valence electrons. The average molecular weight is 714 g/mol. The molecule has 0 aromatic heterocycles. The van der Waals surface area contributed by atoms with Crippen LogP contribution in [0.4, 0.5) is 0 Å². The van der Waals surface area contributed by atoms with E-state index in [4.69, 9.17) is 0 Å². The number of fused-ring (bicyclic) bond motifs is 7. The lowest BCUT2D eigenvalue weighted by Gasteiger charge is -2.20. The Morgan fingerprint density at radius 2 is 0.673 bits per heavy atom. The number of benzene rings is 8. The van der Waals surface area contributed by atoms with Crippen molar-refractivity contribution >= 4 is 41.6 Å². The Hall–Kier alpha value is -5.86. The van der Waals surface area contributed by atoms with Gasteiger partial charge in [-0.2, -0.15) is 0 Å². The highest BCUT2D eigenvalue weighted by Gasteiger charge is 2.44. The summed E-state index contributed by atoms with van der Waals surface area (Å²) in [7, 11) is -8.11. The second kappa shape index (κ2) is 12.1. The van der Waals surface area contributed by atoms with E-state index in [9.17, 15) is 16.8 Å². The van der Waals surface area contributed by atoms with E-state index in [-0.39, 0.29) is 9.79 Å². The van der Waals surface area contributed by atoms with Crippen molar-refractivity contribution in [2.75, 3.05) is 7.05 Å². The summed E-state index contributed by atoms with van der Waals surface area (Å²) in [5.41, 5.74) is 6.99. The van der Waals surface area contributed by atoms with Gasteiger partial charge in [0, 0.05) is 29.3 Å². The maximum atomic E-state index is 15.0. The molecule has 0 N–H and O–H groups in total. The zero-order chi connectivity index (χ0) is 35.6. The molecule has 0 saturated heterocycles. The predicted octanol–water partition coefficient (Wildman–Crippen LogP) is 10.7. The van der Waals surface area contributed by atoms with Crippen LogP contribution in [0.25, 0.3) is 77.2 Å². The molecule has 0 saturated carbocycles. The van der Waals surface area contributed by atoms with Gasteiger partial charge in [-0.05, 0) is 67.1 Å². The van der Waals surface area contributed by atoms with Gasteiger partial charge in [-0.1, -0.05) is 161 Å². The smallest absolute Gasteiger partial charge is 0.206 e. The Balaban J connectivity index is 1.40. The molecule has 0 amide bonds. The summed E-state index contributed by atoms with van der Waals surface area (Å²) in [6.07, 6.45) is 0. The van der Waals surface area contributed by atoms with Crippen molar-refractivity contribution in [3.05, 3.63) is 170 Å². The Labute approximate surface area is 303 Å². The minimum atomic E-state index is -4.63. The first-order chi connectivity index (χ1) is 25.2. The number of sulfonamides is 2. The van der Waals surface area contributed by atoms with E-state index in [1.165, 1.54) is 0 Å². The third kappa shape index (κ3) is 5.00. The largest absolute Gasteiger partial charge is 0.257 e. The third-order valence-corrected chi connectivity index (χ3v) is 14.5. The van der Waals surface area contributed by atoms with Gasteiger partial charge >= 0.3 is 0 Å². The number of nitrogens with zero attached hydrogens (tertiary/aromatic N) is 1. The predicted molar refractivity (Wildman–Crippen MR) is 211 cm³/mol. The molecule has 0 atom stereocenters. The molecule has 0 unspecified atom stereocenters. The highest BCUT2D eigenvalue weighted by molar-refractivity contribution is 8.04. The molecule has 9 rings (SSSR count). The van der Waals surface area contributed by atoms with Crippen LogP contribution in [-0.4, -0.2) is 27.6 Å². The van der Waals surface area contributed by atoms with Crippen molar-refractivity contribution in [3.63, 3.8) is 0 Å². The number of rotatable bonds is 4. The van der Waals surface area contributed by atoms with Crippen LogP contribution >= 0.6 is 0 Å². The van der Waals surface area contributed by atoms with Gasteiger partial charge in [0.1, 0.15) is 0 Å². The van der Waals surface area contributed by atoms with Crippen molar-refractivity contribution in [3.8, 4) is 55.6 Å². The highest BCUT2D eigenvalue weighted by atomic mass is 32.3. The third-order valence-electron chi connectivity index (χ3n) is 10.1. The van der Waals surface area contributed by atoms with Crippen molar-refractivity contribution in [2.45, 2.75) is 9.79 Å². The van der Waals surface area contributed by atoms with Crippen LogP contribution in [0, 0.1) is 0 Å². The fourth-order valence-electron chi connectivity index (χ4n) is 7.45. The van der Waals surface area contributed by atoms with Gasteiger partial charge in [0.25, 0.3) is 20.0 Å². The van der Waals surface area contributed by atoms with Gasteiger partial charge in [0.05, 0.1) is 9.79 Å². The summed E-state index contributed by atoms with van der Waals surface area (Å²) in [6, 6.07) is 54.4. The van der Waals surface area contributed by atoms with Gasteiger partial charge in [0.15, 0.2) is 0 Å². The van der Waals surface area contributed by atoms with Gasteiger partial charge < -0.3 is 0 Å². The molecular weight excluding hydrogens is 683 g/mol. The zero-order valence-corrected chi connectivity index (χ0v) is 29.7. The van der Waals surface area contributed by atoms with Crippen LogP contribution in [0.15, 0.2) is 180 Å². The summed E-state index contributed by atoms with van der Waals surface area (Å²) in [6.45, 7) is 0. The molecule has 1 aliphatic heterocycles. The zero-order valence-electron chi connectivity index (χ0n) is 28.1. The first-order valence-electron chi connectivity index (χ1n) is 16.9. The van der Waals surface area contributed by atoms with E-state index in [1.807, 2.05) is 170 Å². The van der Waals surface area contributed by atoms with Crippen LogP contribution in [0.2, 0.25) is 0 Å². The monoisotopic (exact) mass is 713 g/mol. The lowest BCUT2D eigenvalue weighted by molar-refractivity contribution is 0.528. The molecule has 1 heterocycles. The summed E-state index contributed by atoms with van der Waals surface area (Å²) in [4.78, 5) is -0.0737. The number of hydrogen-bond acceptors (Lipinski definition) is 4. The molecule has 0 radical (unpaired) electrons. The molecule has 0 aliphatic carbocycles. The summed E-state index contributed by atoms with van der Waals surface area (Å²) >= 11 is 0. The van der Waals surface area contributed by atoms with Crippen molar-refractivity contribution < 1.29 is 16.8 Å². The fourth-order valence-corrected chi connectivity index (χ4v) is 11.3. The van der Waals surface area contributed by atoms with Gasteiger partial charge in [-0.15, -0.1) is 0 Å². The maximum Gasteiger partial charge on any atom is 0.257 e. The Kier molecular flexibility index (Phi) is 7.48. The van der Waals surface area contributed by atoms with Crippen LogP contribution in [0.1, 0.15) is 0 Å². The average Bonchev–Trinajstić information content (AvgIpc) is 3.24. The molecule has 8 aromatic rings. The summed E-state index contributed by atoms with van der Waals surface area (Å²) in [5.74, 6) is 0. The van der Waals surface area contributed by atoms with Crippen molar-refractivity contribution in [2.24, 2.45) is 0 Å². The van der Waals surface area contributed by atoms with E-state index in [0.717, 1.165) is 40.1 Å². The fraction of sp³-hybridized carbons (Fsp3) is 0.0222. The second-order valence-corrected chi connectivity index (χ2v) is 17.0. The molecule has 52 heavy (non-hydrogen) atoms. The van der Waals surface area contributed by atoms with Gasteiger partial charge in [-0.3, -0.25) is 0 Å². The van der Waals surface area contributed by atoms with E-state index in [0.29, 0.717) is 47.9 Å². The van der Waals surface area contributed by atoms with Crippen LogP contribution < -0.4 is 0 Å². The minimum Gasteiger partial charge on any atom is -0.206 e. The molecule has 8 aromatic carbocycles. The Bertz CT molecular complexity index is 2710. The second-order valence-electron chi connectivity index (χ2n) is 13.0. The standard InChI is InChI=1S/C45H31NO4S2/c1-46-51(47,48)44-40(34-24-20-32(21-25-34)30-12-4-2-5-13-30)28-36-16-8-10-18-38(36)42(44)43-39-19-11-9-17-37(39)29-41(45(43)52(46,49)50)35-26-22-33(23-27-35)31-14-6-3-7-15-31/h2-29H,1H3. The van der Waals surface area contributed by atoms with Crippen LogP contribution in [-0.2, 0) is 20.0 Å². The van der Waals surface area contributed by atoms with Crippen molar-refractivity contribution in [1.82, 2.24) is 3.71 Å². The van der Waals surface area contributed by atoms with Crippen molar-refractivity contribution in [1.29, 1.82) is 0 Å². The lowest BCUT2D eigenvalue weighted by Crippen LogP contribution is -2.32. The molecule has 0 bridgehead atoms. The summed E-state index contributed by atoms with van der Waals surface area (Å²) in [5, 5.41) is 2.90. The molecule has 0 spiro atoms. The first-order valence-corrected chi connectivity index (χ1v) is 19.8. The highest BCUT2D eigenvalue weighted by Crippen LogP contribution is 2.52. The SMILES string of the molecule is CN1S(=O)(=O)c2c(-c3ccc(-c4ccccc4)cc3)cc3ccccc3c2-c2c(c(-c3ccc(-c4ccccc4)cc3)cc3ccccc23)S1(=O)=O. The molecule has 0 fully saturated rings. The van der Waals surface area contributed by atoms with E-state index < -0.39 is 20.0 Å². The van der Waals surface area contributed by atoms with Crippen LogP contribution in [0.5, 0.6) is 0 Å². The molecule has 1 aliphatic rings. The maximum absolute atomic E-state index is 15.0. The molecular formula is C45H31NO4S2. The minimum absolute atomic E-state index is 0.0368. The summed E-state index contributed by atoms with van der Waals surface area (Å²) < 4.78 is 60.4. The normalized spacial score (nSPS) is 14.8. The molecule has 7 heteroatoms. The topological polar surface area (TPSA) is 71.5 Å². The van der Waals surface area contributed by atoms with E-state index >= 15 is 0 Å². The Morgan fingerprint density at radius 3 is 1.06 bits per heavy atom. The van der Waals surface area contributed by atoms with E-state index in [2.05, 4.69) is 0 Å². The van der Waals surface area contributed by atoms with Gasteiger partial charge in [0.2, 0.25) is 0 Å². The Morgan fingerprint density at radius 1 is 0.365 bits per heavy atom. The first kappa shape index (κ1) is 32.1. The van der Waals surface area contributed by atoms with E-state index in [1.54, 1.807) is 0 Å². The molecule has 5 nitrogen and oxygen atoms in total. The van der Waals surface area contributed by atoms with Gasteiger partial charge in [-0.25, -0.2) is 16.8 Å². The number of hydrogen-bond donors (Lipinski definition) is 0. The van der Waals surface area contributed by atoms with Crippen LogP contribution in [0.3, 0.4) is 0 Å². The lowest BCUT2D eigenvalue weighted by atomic mass is 9.87. The quantitative estimate of drug-likeness (QED) is 0.182.